The first-order valence-electron chi connectivity index (χ1n) is 7.21. The maximum Gasteiger partial charge on any atom is 0.221 e. The minimum atomic E-state index is 0.232. The molecule has 3 nitrogen and oxygen atoms in total. The van der Waals surface area contributed by atoms with Crippen molar-refractivity contribution in [3.63, 3.8) is 0 Å². The zero-order valence-electron chi connectivity index (χ0n) is 11.5. The second-order valence-corrected chi connectivity index (χ2v) is 5.24. The standard InChI is InChI=1S/C14H28N2O/c1-3-4-5-6-7-9-13-12-14(17)15-10-8-11-16(13)2/h13H,3-12H2,1-2H3,(H,15,17)/t13-/m0/s1. The fraction of sp³-hybridized carbons (Fsp3) is 0.929. The minimum absolute atomic E-state index is 0.232. The van der Waals surface area contributed by atoms with Crippen molar-refractivity contribution in [1.82, 2.24) is 10.2 Å². The van der Waals surface area contributed by atoms with Crippen LogP contribution in [0.15, 0.2) is 0 Å². The Morgan fingerprint density at radius 2 is 2.06 bits per heavy atom. The number of carbonyl (C=O) groups excluding carboxylic acids is 1. The molecule has 1 N–H and O–H groups in total. The van der Waals surface area contributed by atoms with E-state index < -0.39 is 0 Å². The van der Waals surface area contributed by atoms with E-state index >= 15 is 0 Å². The van der Waals surface area contributed by atoms with Crippen LogP contribution in [0.1, 0.15) is 58.3 Å². The van der Waals surface area contributed by atoms with Crippen molar-refractivity contribution >= 4 is 5.91 Å². The Morgan fingerprint density at radius 1 is 1.29 bits per heavy atom. The van der Waals surface area contributed by atoms with Crippen molar-refractivity contribution in [3.05, 3.63) is 0 Å². The number of rotatable bonds is 6. The molecule has 17 heavy (non-hydrogen) atoms. The number of hydrogen-bond donors (Lipinski definition) is 1. The molecule has 1 rings (SSSR count). The third kappa shape index (κ3) is 6.06. The predicted molar refractivity (Wildman–Crippen MR) is 72.0 cm³/mol. The van der Waals surface area contributed by atoms with E-state index in [1.165, 1.54) is 38.5 Å². The number of amides is 1. The van der Waals surface area contributed by atoms with Gasteiger partial charge in [-0.3, -0.25) is 4.79 Å². The average Bonchev–Trinajstić information content (AvgIpc) is 2.31. The Hall–Kier alpha value is -0.570. The molecular weight excluding hydrogens is 212 g/mol. The van der Waals surface area contributed by atoms with E-state index in [0.29, 0.717) is 12.5 Å². The fourth-order valence-corrected chi connectivity index (χ4v) is 2.49. The lowest BCUT2D eigenvalue weighted by Crippen LogP contribution is -2.41. The molecule has 3 heteroatoms. The highest BCUT2D eigenvalue weighted by molar-refractivity contribution is 5.76. The van der Waals surface area contributed by atoms with E-state index in [4.69, 9.17) is 0 Å². The van der Waals surface area contributed by atoms with Crippen LogP contribution in [0.2, 0.25) is 0 Å². The molecule has 0 aliphatic carbocycles. The summed E-state index contributed by atoms with van der Waals surface area (Å²) >= 11 is 0. The van der Waals surface area contributed by atoms with Gasteiger partial charge in [-0.05, 0) is 26.4 Å². The molecule has 0 aromatic heterocycles. The molecule has 100 valence electrons. The third-order valence-corrected chi connectivity index (χ3v) is 3.70. The summed E-state index contributed by atoms with van der Waals surface area (Å²) in [6.07, 6.45) is 9.51. The van der Waals surface area contributed by atoms with E-state index in [9.17, 15) is 4.79 Å². The topological polar surface area (TPSA) is 32.3 Å². The smallest absolute Gasteiger partial charge is 0.221 e. The Labute approximate surface area is 106 Å². The first-order valence-corrected chi connectivity index (χ1v) is 7.21. The molecule has 0 aromatic carbocycles. The molecule has 1 atom stereocenters. The highest BCUT2D eigenvalue weighted by Gasteiger charge is 2.19. The van der Waals surface area contributed by atoms with Gasteiger partial charge in [0.2, 0.25) is 5.91 Å². The molecule has 1 aliphatic heterocycles. The van der Waals surface area contributed by atoms with Gasteiger partial charge in [-0.15, -0.1) is 0 Å². The number of nitrogens with zero attached hydrogens (tertiary/aromatic N) is 1. The van der Waals surface area contributed by atoms with Gasteiger partial charge in [0.05, 0.1) is 0 Å². The maximum absolute atomic E-state index is 11.6. The van der Waals surface area contributed by atoms with Crippen LogP contribution in [0.25, 0.3) is 0 Å². The molecule has 1 heterocycles. The molecule has 1 amide bonds. The molecule has 0 unspecified atom stereocenters. The number of carbonyl (C=O) groups is 1. The average molecular weight is 240 g/mol. The molecule has 1 saturated heterocycles. The highest BCUT2D eigenvalue weighted by atomic mass is 16.1. The quantitative estimate of drug-likeness (QED) is 0.724. The van der Waals surface area contributed by atoms with E-state index in [-0.39, 0.29) is 5.91 Å². The van der Waals surface area contributed by atoms with Crippen LogP contribution in [-0.4, -0.2) is 37.0 Å². The van der Waals surface area contributed by atoms with Crippen molar-refractivity contribution in [1.29, 1.82) is 0 Å². The lowest BCUT2D eigenvalue weighted by Gasteiger charge is -2.30. The first-order chi connectivity index (χ1) is 8.24. The predicted octanol–water partition coefficient (Wildman–Crippen LogP) is 2.56. The maximum atomic E-state index is 11.6. The van der Waals surface area contributed by atoms with Crippen molar-refractivity contribution in [3.8, 4) is 0 Å². The van der Waals surface area contributed by atoms with E-state index in [0.717, 1.165) is 19.5 Å². The number of hydrogen-bond acceptors (Lipinski definition) is 2. The second kappa shape index (κ2) is 8.51. The summed E-state index contributed by atoms with van der Waals surface area (Å²) < 4.78 is 0. The van der Waals surface area contributed by atoms with Gasteiger partial charge in [-0.25, -0.2) is 0 Å². The third-order valence-electron chi connectivity index (χ3n) is 3.70. The van der Waals surface area contributed by atoms with Gasteiger partial charge in [0.1, 0.15) is 0 Å². The van der Waals surface area contributed by atoms with Gasteiger partial charge in [-0.2, -0.15) is 0 Å². The number of unbranched alkanes of at least 4 members (excludes halogenated alkanes) is 4. The van der Waals surface area contributed by atoms with Crippen LogP contribution in [0, 0.1) is 0 Å². The van der Waals surface area contributed by atoms with Crippen LogP contribution >= 0.6 is 0 Å². The van der Waals surface area contributed by atoms with E-state index in [2.05, 4.69) is 24.2 Å². The van der Waals surface area contributed by atoms with Crippen LogP contribution in [-0.2, 0) is 4.79 Å². The SMILES string of the molecule is CCCCCCC[C@H]1CC(=O)NCCCN1C. The molecule has 1 fully saturated rings. The summed E-state index contributed by atoms with van der Waals surface area (Å²) in [6.45, 7) is 4.19. The Bertz CT molecular complexity index is 218. The van der Waals surface area contributed by atoms with Gasteiger partial charge in [0.25, 0.3) is 0 Å². The summed E-state index contributed by atoms with van der Waals surface area (Å²) in [5, 5.41) is 2.98. The van der Waals surface area contributed by atoms with E-state index in [1.54, 1.807) is 0 Å². The van der Waals surface area contributed by atoms with Gasteiger partial charge in [-0.1, -0.05) is 39.0 Å². The van der Waals surface area contributed by atoms with Crippen molar-refractivity contribution in [2.45, 2.75) is 64.3 Å². The van der Waals surface area contributed by atoms with Crippen LogP contribution in [0.5, 0.6) is 0 Å². The minimum Gasteiger partial charge on any atom is -0.356 e. The van der Waals surface area contributed by atoms with Gasteiger partial charge in [0.15, 0.2) is 0 Å². The lowest BCUT2D eigenvalue weighted by molar-refractivity contribution is -0.122. The molecule has 0 spiro atoms. The van der Waals surface area contributed by atoms with E-state index in [1.807, 2.05) is 0 Å². The van der Waals surface area contributed by atoms with Crippen LogP contribution in [0.3, 0.4) is 0 Å². The summed E-state index contributed by atoms with van der Waals surface area (Å²) in [7, 11) is 2.16. The molecule has 0 bridgehead atoms. The molecule has 0 saturated carbocycles. The molecule has 1 aliphatic rings. The molecule has 0 aromatic rings. The monoisotopic (exact) mass is 240 g/mol. The van der Waals surface area contributed by atoms with Crippen LogP contribution in [0.4, 0.5) is 0 Å². The largest absolute Gasteiger partial charge is 0.356 e. The number of nitrogens with one attached hydrogen (secondary N) is 1. The summed E-state index contributed by atoms with van der Waals surface area (Å²) in [5.74, 6) is 0.232. The van der Waals surface area contributed by atoms with Gasteiger partial charge >= 0.3 is 0 Å². The lowest BCUT2D eigenvalue weighted by atomic mass is 10.0. The van der Waals surface area contributed by atoms with Gasteiger partial charge < -0.3 is 10.2 Å². The summed E-state index contributed by atoms with van der Waals surface area (Å²) in [6, 6.07) is 0.455. The van der Waals surface area contributed by atoms with Gasteiger partial charge in [0, 0.05) is 19.0 Å². The zero-order chi connectivity index (χ0) is 12.5. The first kappa shape index (κ1) is 14.5. The Balaban J connectivity index is 2.24. The Morgan fingerprint density at radius 3 is 2.82 bits per heavy atom. The van der Waals surface area contributed by atoms with Crippen LogP contribution < -0.4 is 5.32 Å². The van der Waals surface area contributed by atoms with Crippen molar-refractivity contribution < 1.29 is 4.79 Å². The fourth-order valence-electron chi connectivity index (χ4n) is 2.49. The Kier molecular flexibility index (Phi) is 7.25. The van der Waals surface area contributed by atoms with Crippen molar-refractivity contribution in [2.75, 3.05) is 20.1 Å². The summed E-state index contributed by atoms with van der Waals surface area (Å²) in [5.41, 5.74) is 0. The van der Waals surface area contributed by atoms with Crippen molar-refractivity contribution in [2.24, 2.45) is 0 Å². The highest BCUT2D eigenvalue weighted by Crippen LogP contribution is 2.15. The molecule has 0 radical (unpaired) electrons. The zero-order valence-corrected chi connectivity index (χ0v) is 11.5. The second-order valence-electron chi connectivity index (χ2n) is 5.24. The normalized spacial score (nSPS) is 22.9. The molecular formula is C14H28N2O. The summed E-state index contributed by atoms with van der Waals surface area (Å²) in [4.78, 5) is 14.0.